The first kappa shape index (κ1) is 21.5. The molecule has 3 heterocycles. The van der Waals surface area contributed by atoms with Crippen molar-refractivity contribution in [2.75, 3.05) is 18.5 Å². The minimum absolute atomic E-state index is 0.259. The molecule has 1 aromatic carbocycles. The highest BCUT2D eigenvalue weighted by atomic mass is 32.1. The Labute approximate surface area is 190 Å². The maximum atomic E-state index is 12.5. The molecule has 0 radical (unpaired) electrons. The van der Waals surface area contributed by atoms with Gasteiger partial charge in [-0.3, -0.25) is 9.78 Å². The maximum Gasteiger partial charge on any atom is 0.410 e. The molecule has 0 bridgehead atoms. The number of fused-ring (bicyclic) bond motifs is 1. The number of hydrogen-bond acceptors (Lipinski definition) is 6. The molecule has 0 saturated heterocycles. The van der Waals surface area contributed by atoms with Gasteiger partial charge in [0.2, 0.25) is 0 Å². The molecule has 162 valence electrons. The van der Waals surface area contributed by atoms with E-state index >= 15 is 0 Å². The average Bonchev–Trinajstić information content (AvgIpc) is 3.18. The van der Waals surface area contributed by atoms with Crippen molar-refractivity contribution in [2.24, 2.45) is 0 Å². The van der Waals surface area contributed by atoms with Gasteiger partial charge in [0.05, 0.1) is 18.7 Å². The summed E-state index contributed by atoms with van der Waals surface area (Å²) in [7, 11) is 0. The Kier molecular flexibility index (Phi) is 6.78. The van der Waals surface area contributed by atoms with Crippen molar-refractivity contribution in [3.05, 3.63) is 82.0 Å². The average molecular weight is 447 g/mol. The van der Waals surface area contributed by atoms with E-state index in [0.717, 1.165) is 22.6 Å². The molecule has 0 fully saturated rings. The highest BCUT2D eigenvalue weighted by Crippen LogP contribution is 2.37. The summed E-state index contributed by atoms with van der Waals surface area (Å²) < 4.78 is 5.43. The lowest BCUT2D eigenvalue weighted by atomic mass is 10.0. The lowest BCUT2D eigenvalue weighted by molar-refractivity contribution is 0.0972. The minimum Gasteiger partial charge on any atom is -0.449 e. The van der Waals surface area contributed by atoms with Crippen LogP contribution in [0.1, 0.15) is 38.5 Å². The van der Waals surface area contributed by atoms with E-state index in [0.29, 0.717) is 48.7 Å². The number of nitrogens with one attached hydrogen (secondary N) is 1. The minimum atomic E-state index is -0.363. The number of aryl methyl sites for hydroxylation is 1. The zero-order valence-corrected chi connectivity index (χ0v) is 18.2. The SMILES string of the molecule is N#Cc1c(NC(=O)c2ccccc2)sc2c1CCN(C(=O)OCCCc1ccccn1)C2. The fraction of sp³-hybridized carbons (Fsp3) is 0.250. The zero-order chi connectivity index (χ0) is 22.3. The van der Waals surface area contributed by atoms with Crippen molar-refractivity contribution in [1.29, 1.82) is 5.26 Å². The number of pyridine rings is 1. The summed E-state index contributed by atoms with van der Waals surface area (Å²) in [6.07, 6.45) is 3.39. The smallest absolute Gasteiger partial charge is 0.410 e. The maximum absolute atomic E-state index is 12.5. The third-order valence-electron chi connectivity index (χ3n) is 5.22. The largest absolute Gasteiger partial charge is 0.449 e. The second-order valence-electron chi connectivity index (χ2n) is 7.35. The Morgan fingerprint density at radius 1 is 1.19 bits per heavy atom. The van der Waals surface area contributed by atoms with E-state index in [1.165, 1.54) is 11.3 Å². The number of benzene rings is 1. The lowest BCUT2D eigenvalue weighted by Gasteiger charge is -2.26. The summed E-state index contributed by atoms with van der Waals surface area (Å²) in [4.78, 5) is 31.8. The van der Waals surface area contributed by atoms with Gasteiger partial charge in [-0.25, -0.2) is 4.79 Å². The molecule has 3 aromatic rings. The second kappa shape index (κ2) is 10.1. The van der Waals surface area contributed by atoms with E-state index in [-0.39, 0.29) is 12.0 Å². The van der Waals surface area contributed by atoms with Gasteiger partial charge in [-0.05, 0) is 49.1 Å². The molecule has 0 aliphatic carbocycles. The first-order valence-electron chi connectivity index (χ1n) is 10.4. The molecule has 0 atom stereocenters. The normalized spacial score (nSPS) is 12.5. The molecular formula is C24H22N4O3S. The topological polar surface area (TPSA) is 95.3 Å². The number of carbonyl (C=O) groups excluding carboxylic acids is 2. The van der Waals surface area contributed by atoms with Gasteiger partial charge in [0.15, 0.2) is 0 Å². The van der Waals surface area contributed by atoms with Crippen molar-refractivity contribution in [3.8, 4) is 6.07 Å². The summed E-state index contributed by atoms with van der Waals surface area (Å²) in [5.41, 5.74) is 2.88. The Morgan fingerprint density at radius 2 is 2.00 bits per heavy atom. The Bertz CT molecular complexity index is 1140. The molecule has 2 aromatic heterocycles. The van der Waals surface area contributed by atoms with E-state index in [9.17, 15) is 14.9 Å². The van der Waals surface area contributed by atoms with Gasteiger partial charge in [-0.2, -0.15) is 5.26 Å². The molecule has 1 aliphatic rings. The molecule has 0 spiro atoms. The van der Waals surface area contributed by atoms with Crippen LogP contribution < -0.4 is 5.32 Å². The third-order valence-corrected chi connectivity index (χ3v) is 6.35. The predicted molar refractivity (Wildman–Crippen MR) is 121 cm³/mol. The Hall–Kier alpha value is -3.70. The van der Waals surface area contributed by atoms with E-state index in [1.54, 1.807) is 35.4 Å². The Balaban J connectivity index is 1.35. The molecule has 8 heteroatoms. The van der Waals surface area contributed by atoms with Crippen LogP contribution in [-0.2, 0) is 24.1 Å². The van der Waals surface area contributed by atoms with Gasteiger partial charge < -0.3 is 15.0 Å². The highest BCUT2D eigenvalue weighted by molar-refractivity contribution is 7.16. The van der Waals surface area contributed by atoms with E-state index in [4.69, 9.17) is 4.74 Å². The van der Waals surface area contributed by atoms with Crippen molar-refractivity contribution in [3.63, 3.8) is 0 Å². The number of rotatable bonds is 6. The number of thiophene rings is 1. The van der Waals surface area contributed by atoms with Gasteiger partial charge in [-0.1, -0.05) is 24.3 Å². The fourth-order valence-electron chi connectivity index (χ4n) is 3.58. The number of ether oxygens (including phenoxy) is 1. The molecule has 0 unspecified atom stereocenters. The second-order valence-corrected chi connectivity index (χ2v) is 8.46. The Morgan fingerprint density at radius 3 is 2.75 bits per heavy atom. The number of amides is 2. The molecular weight excluding hydrogens is 424 g/mol. The number of nitrogens with zero attached hydrogens (tertiary/aromatic N) is 3. The van der Waals surface area contributed by atoms with Crippen LogP contribution in [0.3, 0.4) is 0 Å². The van der Waals surface area contributed by atoms with Crippen LogP contribution in [0, 0.1) is 11.3 Å². The van der Waals surface area contributed by atoms with Crippen LogP contribution >= 0.6 is 11.3 Å². The number of anilines is 1. The molecule has 1 N–H and O–H groups in total. The van der Waals surface area contributed by atoms with Gasteiger partial charge in [0.25, 0.3) is 5.91 Å². The molecule has 4 rings (SSSR count). The predicted octanol–water partition coefficient (Wildman–Crippen LogP) is 4.39. The van der Waals surface area contributed by atoms with Crippen LogP contribution in [0.5, 0.6) is 0 Å². The van der Waals surface area contributed by atoms with Crippen LogP contribution in [0.4, 0.5) is 9.80 Å². The van der Waals surface area contributed by atoms with Crippen molar-refractivity contribution < 1.29 is 14.3 Å². The molecule has 2 amide bonds. The monoisotopic (exact) mass is 446 g/mol. The first-order chi connectivity index (χ1) is 15.7. The van der Waals surface area contributed by atoms with Gasteiger partial charge in [0, 0.05) is 28.9 Å². The van der Waals surface area contributed by atoms with Crippen molar-refractivity contribution in [2.45, 2.75) is 25.8 Å². The number of nitriles is 1. The van der Waals surface area contributed by atoms with Gasteiger partial charge in [0.1, 0.15) is 11.1 Å². The summed E-state index contributed by atoms with van der Waals surface area (Å²) in [5, 5.41) is 13.0. The van der Waals surface area contributed by atoms with E-state index in [1.807, 2.05) is 24.3 Å². The van der Waals surface area contributed by atoms with Crippen molar-refractivity contribution in [1.82, 2.24) is 9.88 Å². The van der Waals surface area contributed by atoms with E-state index in [2.05, 4.69) is 16.4 Å². The van der Waals surface area contributed by atoms with Crippen molar-refractivity contribution >= 4 is 28.3 Å². The van der Waals surface area contributed by atoms with Gasteiger partial charge in [-0.15, -0.1) is 11.3 Å². The molecule has 7 nitrogen and oxygen atoms in total. The molecule has 1 aliphatic heterocycles. The number of carbonyl (C=O) groups is 2. The van der Waals surface area contributed by atoms with Crippen LogP contribution in [0.2, 0.25) is 0 Å². The summed E-state index contributed by atoms with van der Waals surface area (Å²) >= 11 is 1.34. The summed E-state index contributed by atoms with van der Waals surface area (Å²) in [5.74, 6) is -0.259. The quantitative estimate of drug-likeness (QED) is 0.567. The van der Waals surface area contributed by atoms with E-state index < -0.39 is 0 Å². The van der Waals surface area contributed by atoms with Crippen LogP contribution in [-0.4, -0.2) is 35.0 Å². The summed E-state index contributed by atoms with van der Waals surface area (Å²) in [6.45, 7) is 1.17. The first-order valence-corrected chi connectivity index (χ1v) is 11.2. The highest BCUT2D eigenvalue weighted by Gasteiger charge is 2.28. The zero-order valence-electron chi connectivity index (χ0n) is 17.4. The number of aromatic nitrogens is 1. The number of hydrogen-bond donors (Lipinski definition) is 1. The lowest BCUT2D eigenvalue weighted by Crippen LogP contribution is -2.36. The molecule has 32 heavy (non-hydrogen) atoms. The third kappa shape index (κ3) is 4.95. The fourth-order valence-corrected chi connectivity index (χ4v) is 4.79. The van der Waals surface area contributed by atoms with Crippen LogP contribution in [0.15, 0.2) is 54.7 Å². The molecule has 0 saturated carbocycles. The van der Waals surface area contributed by atoms with Gasteiger partial charge >= 0.3 is 6.09 Å². The summed E-state index contributed by atoms with van der Waals surface area (Å²) in [6, 6.07) is 16.8. The standard InChI is InChI=1S/C24H22N4O3S/c25-15-20-19-11-13-28(24(30)31-14-6-10-18-9-4-5-12-26-18)16-21(19)32-23(20)27-22(29)17-7-2-1-3-8-17/h1-5,7-9,12H,6,10-11,13-14,16H2,(H,27,29). The van der Waals surface area contributed by atoms with Crippen LogP contribution in [0.25, 0.3) is 0 Å².